The summed E-state index contributed by atoms with van der Waals surface area (Å²) in [5, 5.41) is 19.2. The Morgan fingerprint density at radius 3 is 2.47 bits per heavy atom. The van der Waals surface area contributed by atoms with Crippen LogP contribution in [0.25, 0.3) is 0 Å². The van der Waals surface area contributed by atoms with Gasteiger partial charge in [-0.15, -0.1) is 0 Å². The zero-order valence-electron chi connectivity index (χ0n) is 16.9. The number of aliphatic hydroxyl groups is 1. The van der Waals surface area contributed by atoms with Gasteiger partial charge < -0.3 is 15.7 Å². The topological polar surface area (TPSA) is 79.2 Å². The maximum absolute atomic E-state index is 13.8. The fourth-order valence-corrected chi connectivity index (χ4v) is 3.90. The van der Waals surface area contributed by atoms with Crippen LogP contribution in [0, 0.1) is 0 Å². The van der Waals surface area contributed by atoms with E-state index in [1.165, 1.54) is 6.07 Å². The van der Waals surface area contributed by atoms with E-state index in [1.807, 2.05) is 0 Å². The summed E-state index contributed by atoms with van der Waals surface area (Å²) in [5.74, 6) is -0.499. The molecule has 2 aromatic carbocycles. The van der Waals surface area contributed by atoms with Crippen LogP contribution in [-0.2, 0) is 0 Å². The lowest BCUT2D eigenvalue weighted by Gasteiger charge is -2.33. The van der Waals surface area contributed by atoms with Gasteiger partial charge in [-0.1, -0.05) is 40.2 Å². The van der Waals surface area contributed by atoms with E-state index in [0.717, 1.165) is 9.15 Å². The minimum Gasteiger partial charge on any atom is -0.389 e. The first-order valence-electron chi connectivity index (χ1n) is 9.89. The van der Waals surface area contributed by atoms with Crippen molar-refractivity contribution < 1.29 is 23.1 Å². The predicted molar refractivity (Wildman–Crippen MR) is 117 cm³/mol. The highest BCUT2D eigenvalue weighted by Crippen LogP contribution is 2.43. The molecule has 1 aliphatic heterocycles. The second kappa shape index (κ2) is 8.59. The van der Waals surface area contributed by atoms with Gasteiger partial charge in [0.1, 0.15) is 5.82 Å². The number of rotatable bonds is 4. The van der Waals surface area contributed by atoms with Crippen molar-refractivity contribution in [2.75, 3.05) is 10.6 Å². The molecule has 3 atom stereocenters. The molecule has 6 nitrogen and oxygen atoms in total. The number of nitrogens with one attached hydrogen (secondary N) is 2. The smallest absolute Gasteiger partial charge is 0.389 e. The lowest BCUT2D eigenvalue weighted by Crippen LogP contribution is -2.35. The first-order valence-corrected chi connectivity index (χ1v) is 10.7. The van der Waals surface area contributed by atoms with Crippen molar-refractivity contribution >= 4 is 33.3 Å². The number of anilines is 2. The SMILES string of the molecule is C[C@H](O)c1ccc(NC(=O)c2cc3n(n2)[C@H](C(F)(F)F)C[C@@H](c2ccc(Br)cc2)N3)cc1. The Morgan fingerprint density at radius 2 is 1.88 bits per heavy atom. The maximum Gasteiger partial charge on any atom is 0.410 e. The zero-order valence-corrected chi connectivity index (χ0v) is 18.5. The molecule has 0 saturated carbocycles. The summed E-state index contributed by atoms with van der Waals surface area (Å²) in [6, 6.07) is 12.5. The minimum absolute atomic E-state index is 0.126. The maximum atomic E-state index is 13.8. The number of aromatic nitrogens is 2. The third-order valence-electron chi connectivity index (χ3n) is 5.35. The number of carbonyl (C=O) groups is 1. The molecule has 1 amide bonds. The summed E-state index contributed by atoms with van der Waals surface area (Å²) >= 11 is 3.32. The minimum atomic E-state index is -4.53. The Hall–Kier alpha value is -2.85. The lowest BCUT2D eigenvalue weighted by atomic mass is 9.97. The van der Waals surface area contributed by atoms with Crippen molar-refractivity contribution in [3.05, 3.63) is 75.9 Å². The Morgan fingerprint density at radius 1 is 1.22 bits per heavy atom. The van der Waals surface area contributed by atoms with Crippen LogP contribution >= 0.6 is 15.9 Å². The van der Waals surface area contributed by atoms with Gasteiger partial charge in [0, 0.05) is 22.6 Å². The van der Waals surface area contributed by atoms with Crippen LogP contribution in [0.4, 0.5) is 24.7 Å². The van der Waals surface area contributed by atoms with E-state index in [9.17, 15) is 23.1 Å². The zero-order chi connectivity index (χ0) is 23.0. The summed E-state index contributed by atoms with van der Waals surface area (Å²) in [4.78, 5) is 12.6. The number of fused-ring (bicyclic) bond motifs is 1. The monoisotopic (exact) mass is 508 g/mol. The number of aliphatic hydroxyl groups excluding tert-OH is 1. The lowest BCUT2D eigenvalue weighted by molar-refractivity contribution is -0.173. The number of alkyl halides is 3. The summed E-state index contributed by atoms with van der Waals surface area (Å²) < 4.78 is 43.1. The second-order valence-electron chi connectivity index (χ2n) is 7.65. The normalized spacial score (nSPS) is 19.1. The summed E-state index contributed by atoms with van der Waals surface area (Å²) in [6.45, 7) is 1.62. The Bertz CT molecular complexity index is 1110. The third kappa shape index (κ3) is 4.66. The van der Waals surface area contributed by atoms with E-state index < -0.39 is 30.3 Å². The van der Waals surface area contributed by atoms with Gasteiger partial charge in [-0.25, -0.2) is 4.68 Å². The Balaban J connectivity index is 1.59. The Kier molecular flexibility index (Phi) is 6.00. The molecule has 168 valence electrons. The summed E-state index contributed by atoms with van der Waals surface area (Å²) in [6.07, 6.45) is -5.42. The molecule has 4 rings (SSSR count). The molecule has 0 unspecified atom stereocenters. The quantitative estimate of drug-likeness (QED) is 0.427. The molecule has 3 aromatic rings. The van der Waals surface area contributed by atoms with Crippen LogP contribution in [0.1, 0.15) is 53.1 Å². The van der Waals surface area contributed by atoms with E-state index in [0.29, 0.717) is 16.8 Å². The van der Waals surface area contributed by atoms with Crippen molar-refractivity contribution in [2.45, 2.75) is 37.7 Å². The van der Waals surface area contributed by atoms with Gasteiger partial charge in [-0.05, 0) is 42.3 Å². The van der Waals surface area contributed by atoms with Gasteiger partial charge >= 0.3 is 6.18 Å². The van der Waals surface area contributed by atoms with Gasteiger partial charge in [0.05, 0.1) is 12.1 Å². The molecular weight excluding hydrogens is 489 g/mol. The molecular formula is C22H20BrF3N4O2. The molecule has 3 N–H and O–H groups in total. The van der Waals surface area contributed by atoms with Gasteiger partial charge in [0.2, 0.25) is 0 Å². The second-order valence-corrected chi connectivity index (χ2v) is 8.57. The van der Waals surface area contributed by atoms with Crippen molar-refractivity contribution in [3.8, 4) is 0 Å². The van der Waals surface area contributed by atoms with E-state index in [1.54, 1.807) is 55.5 Å². The molecule has 0 radical (unpaired) electrons. The van der Waals surface area contributed by atoms with Crippen LogP contribution in [0.5, 0.6) is 0 Å². The van der Waals surface area contributed by atoms with Gasteiger partial charge in [-0.3, -0.25) is 4.79 Å². The van der Waals surface area contributed by atoms with Crippen LogP contribution in [0.2, 0.25) is 0 Å². The molecule has 1 aromatic heterocycles. The highest BCUT2D eigenvalue weighted by atomic mass is 79.9. The molecule has 0 spiro atoms. The number of carbonyl (C=O) groups excluding carboxylic acids is 1. The first-order chi connectivity index (χ1) is 15.1. The van der Waals surface area contributed by atoms with Gasteiger partial charge in [0.25, 0.3) is 5.91 Å². The van der Waals surface area contributed by atoms with Gasteiger partial charge in [-0.2, -0.15) is 18.3 Å². The first kappa shape index (κ1) is 22.3. The molecule has 1 aliphatic rings. The Labute approximate surface area is 190 Å². The van der Waals surface area contributed by atoms with Crippen LogP contribution in [-0.4, -0.2) is 27.0 Å². The average molecular weight is 509 g/mol. The van der Waals surface area contributed by atoms with Gasteiger partial charge in [0.15, 0.2) is 11.7 Å². The molecule has 0 bridgehead atoms. The molecule has 0 saturated heterocycles. The number of amides is 1. The van der Waals surface area contributed by atoms with Crippen molar-refractivity contribution in [1.82, 2.24) is 9.78 Å². The van der Waals surface area contributed by atoms with Crippen LogP contribution in [0.3, 0.4) is 0 Å². The van der Waals surface area contributed by atoms with E-state index >= 15 is 0 Å². The molecule has 0 fully saturated rings. The average Bonchev–Trinajstić information content (AvgIpc) is 3.17. The summed E-state index contributed by atoms with van der Waals surface area (Å²) in [5.41, 5.74) is 1.70. The number of halogens is 4. The molecule has 10 heteroatoms. The standard InChI is InChI=1S/C22H20BrF3N4O2/c1-12(31)13-4-8-16(9-5-13)27-21(32)18-11-20-28-17(14-2-6-15(23)7-3-14)10-19(22(24,25)26)30(20)29-18/h2-9,11-12,17,19,28,31H,10H2,1H3,(H,27,32)/t12-,17-,19-/m0/s1. The number of nitrogens with zero attached hydrogens (tertiary/aromatic N) is 2. The number of hydrogen-bond acceptors (Lipinski definition) is 4. The highest BCUT2D eigenvalue weighted by Gasteiger charge is 2.46. The predicted octanol–water partition coefficient (Wildman–Crippen LogP) is 5.61. The molecule has 0 aliphatic carbocycles. The number of hydrogen-bond donors (Lipinski definition) is 3. The molecule has 2 heterocycles. The van der Waals surface area contributed by atoms with Crippen LogP contribution in [0.15, 0.2) is 59.1 Å². The van der Waals surface area contributed by atoms with E-state index in [-0.39, 0.29) is 17.9 Å². The number of benzene rings is 2. The van der Waals surface area contributed by atoms with E-state index in [2.05, 4.69) is 31.7 Å². The molecule has 32 heavy (non-hydrogen) atoms. The van der Waals surface area contributed by atoms with Crippen LogP contribution < -0.4 is 10.6 Å². The fraction of sp³-hybridized carbons (Fsp3) is 0.273. The van der Waals surface area contributed by atoms with E-state index in [4.69, 9.17) is 0 Å². The van der Waals surface area contributed by atoms with Crippen molar-refractivity contribution in [3.63, 3.8) is 0 Å². The third-order valence-corrected chi connectivity index (χ3v) is 5.87. The van der Waals surface area contributed by atoms with Crippen molar-refractivity contribution in [1.29, 1.82) is 0 Å². The van der Waals surface area contributed by atoms with Crippen molar-refractivity contribution in [2.24, 2.45) is 0 Å². The summed E-state index contributed by atoms with van der Waals surface area (Å²) in [7, 11) is 0. The highest BCUT2D eigenvalue weighted by molar-refractivity contribution is 9.10. The fourth-order valence-electron chi connectivity index (χ4n) is 3.64. The largest absolute Gasteiger partial charge is 0.410 e.